The van der Waals surface area contributed by atoms with E-state index < -0.39 is 10.0 Å². The van der Waals surface area contributed by atoms with Crippen LogP contribution < -0.4 is 4.90 Å². The number of sulfonamides is 1. The largest absolute Gasteiger partial charge is 0.365 e. The number of piperazine rings is 1. The molecule has 1 amide bonds. The fraction of sp³-hybridized carbons (Fsp3) is 0.524. The summed E-state index contributed by atoms with van der Waals surface area (Å²) in [5.74, 6) is -0.0581. The number of anilines is 1. The van der Waals surface area contributed by atoms with Gasteiger partial charge >= 0.3 is 0 Å². The third-order valence-electron chi connectivity index (χ3n) is 6.03. The number of benzene rings is 1. The Kier molecular flexibility index (Phi) is 5.84. The van der Waals surface area contributed by atoms with Crippen molar-refractivity contribution in [3.05, 3.63) is 41.2 Å². The van der Waals surface area contributed by atoms with Gasteiger partial charge < -0.3 is 9.80 Å². The minimum atomic E-state index is -3.48. The predicted octanol–water partition coefficient (Wildman–Crippen LogP) is 2.16. The van der Waals surface area contributed by atoms with E-state index in [2.05, 4.69) is 15.1 Å². The highest BCUT2D eigenvalue weighted by Crippen LogP contribution is 2.24. The molecule has 2 aliphatic heterocycles. The van der Waals surface area contributed by atoms with Crippen molar-refractivity contribution in [2.75, 3.05) is 44.2 Å². The lowest BCUT2D eigenvalue weighted by atomic mass is 10.1. The average Bonchev–Trinajstić information content (AvgIpc) is 3.12. The van der Waals surface area contributed by atoms with Crippen LogP contribution in [0.25, 0.3) is 0 Å². The van der Waals surface area contributed by atoms with Gasteiger partial charge in [0.15, 0.2) is 0 Å². The van der Waals surface area contributed by atoms with E-state index in [9.17, 15) is 13.2 Å². The summed E-state index contributed by atoms with van der Waals surface area (Å²) in [7, 11) is -3.48. The molecule has 0 bridgehead atoms. The van der Waals surface area contributed by atoms with Crippen LogP contribution >= 0.6 is 0 Å². The molecule has 0 saturated carbocycles. The number of piperidine rings is 1. The maximum Gasteiger partial charge on any atom is 0.253 e. The van der Waals surface area contributed by atoms with E-state index in [0.717, 1.165) is 49.4 Å². The average molecular weight is 432 g/mol. The Morgan fingerprint density at radius 3 is 2.13 bits per heavy atom. The van der Waals surface area contributed by atoms with Gasteiger partial charge in [-0.1, -0.05) is 6.42 Å². The Bertz CT molecular complexity index is 982. The van der Waals surface area contributed by atoms with Crippen LogP contribution in [0.15, 0.2) is 29.2 Å². The lowest BCUT2D eigenvalue weighted by molar-refractivity contribution is 0.0746. The molecule has 2 aromatic rings. The Hall–Kier alpha value is -2.39. The molecule has 9 heteroatoms. The number of nitrogens with one attached hydrogen (secondary N) is 1. The first-order valence-corrected chi connectivity index (χ1v) is 12.0. The smallest absolute Gasteiger partial charge is 0.253 e. The van der Waals surface area contributed by atoms with Crippen molar-refractivity contribution in [2.24, 2.45) is 0 Å². The number of aromatic nitrogens is 2. The second-order valence-electron chi connectivity index (χ2n) is 8.05. The second kappa shape index (κ2) is 8.39. The summed E-state index contributed by atoms with van der Waals surface area (Å²) in [4.78, 5) is 17.3. The van der Waals surface area contributed by atoms with Gasteiger partial charge in [-0.2, -0.15) is 9.40 Å². The summed E-state index contributed by atoms with van der Waals surface area (Å²) < 4.78 is 27.1. The lowest BCUT2D eigenvalue weighted by Crippen LogP contribution is -2.49. The fourth-order valence-electron chi connectivity index (χ4n) is 4.35. The Balaban J connectivity index is 1.41. The number of rotatable bonds is 4. The van der Waals surface area contributed by atoms with Gasteiger partial charge in [0.2, 0.25) is 10.0 Å². The van der Waals surface area contributed by atoms with Crippen molar-refractivity contribution < 1.29 is 13.2 Å². The van der Waals surface area contributed by atoms with E-state index in [4.69, 9.17) is 0 Å². The molecular weight excluding hydrogens is 402 g/mol. The molecule has 2 saturated heterocycles. The van der Waals surface area contributed by atoms with Crippen LogP contribution in [0.4, 0.5) is 5.69 Å². The summed E-state index contributed by atoms with van der Waals surface area (Å²) in [6, 6.07) is 6.39. The fourth-order valence-corrected chi connectivity index (χ4v) is 5.87. The predicted molar refractivity (Wildman–Crippen MR) is 115 cm³/mol. The molecule has 4 rings (SSSR count). The number of H-pyrrole nitrogens is 1. The molecule has 8 nitrogen and oxygen atoms in total. The zero-order chi connectivity index (χ0) is 21.3. The van der Waals surface area contributed by atoms with Crippen molar-refractivity contribution in [3.8, 4) is 0 Å². The zero-order valence-electron chi connectivity index (χ0n) is 17.6. The van der Waals surface area contributed by atoms with Crippen LogP contribution in [-0.4, -0.2) is 73.0 Å². The molecule has 2 fully saturated rings. The topological polar surface area (TPSA) is 89.6 Å². The van der Waals surface area contributed by atoms with Gasteiger partial charge in [0, 0.05) is 44.8 Å². The van der Waals surface area contributed by atoms with Crippen LogP contribution in [-0.2, 0) is 10.0 Å². The molecule has 30 heavy (non-hydrogen) atoms. The number of carbonyl (C=O) groups is 1. The van der Waals surface area contributed by atoms with Crippen molar-refractivity contribution in [3.63, 3.8) is 0 Å². The number of amides is 1. The molecule has 1 N–H and O–H groups in total. The van der Waals surface area contributed by atoms with Gasteiger partial charge in [0.05, 0.1) is 22.0 Å². The van der Waals surface area contributed by atoms with Gasteiger partial charge in [-0.05, 0) is 51.0 Å². The van der Waals surface area contributed by atoms with E-state index >= 15 is 0 Å². The van der Waals surface area contributed by atoms with Gasteiger partial charge in [0.25, 0.3) is 5.91 Å². The van der Waals surface area contributed by atoms with E-state index in [-0.39, 0.29) is 10.8 Å². The molecular formula is C21H29N5O3S. The molecule has 3 heterocycles. The third-order valence-corrected chi connectivity index (χ3v) is 7.94. The number of hydrogen-bond acceptors (Lipinski definition) is 5. The summed E-state index contributed by atoms with van der Waals surface area (Å²) >= 11 is 0. The zero-order valence-corrected chi connectivity index (χ0v) is 18.4. The quantitative estimate of drug-likeness (QED) is 0.801. The monoisotopic (exact) mass is 431 g/mol. The van der Waals surface area contributed by atoms with Gasteiger partial charge in [-0.25, -0.2) is 8.42 Å². The molecule has 0 spiro atoms. The number of aryl methyl sites for hydroxylation is 2. The van der Waals surface area contributed by atoms with Crippen LogP contribution in [0.5, 0.6) is 0 Å². The molecule has 1 aromatic carbocycles. The summed E-state index contributed by atoms with van der Waals surface area (Å²) in [6.07, 6.45) is 2.88. The van der Waals surface area contributed by atoms with Gasteiger partial charge in [-0.3, -0.25) is 9.89 Å². The first-order valence-electron chi connectivity index (χ1n) is 10.5. The maximum absolute atomic E-state index is 12.9. The van der Waals surface area contributed by atoms with Gasteiger partial charge in [-0.15, -0.1) is 0 Å². The molecule has 0 atom stereocenters. The highest BCUT2D eigenvalue weighted by atomic mass is 32.2. The molecule has 162 valence electrons. The first-order chi connectivity index (χ1) is 14.4. The minimum Gasteiger partial charge on any atom is -0.365 e. The van der Waals surface area contributed by atoms with E-state index in [1.807, 2.05) is 18.7 Å². The van der Waals surface area contributed by atoms with E-state index in [1.165, 1.54) is 0 Å². The molecule has 0 unspecified atom stereocenters. The Labute approximate surface area is 177 Å². The molecule has 0 radical (unpaired) electrons. The standard InChI is InChI=1S/C21H29N5O3S/c1-16-20(17(2)23-22-16)24-12-14-25(15-13-24)21(27)18-6-8-19(9-7-18)30(28,29)26-10-4-3-5-11-26/h6-9H,3-5,10-15H2,1-2H3,(H,22,23). The Morgan fingerprint density at radius 2 is 1.57 bits per heavy atom. The number of hydrogen-bond donors (Lipinski definition) is 1. The summed E-state index contributed by atoms with van der Waals surface area (Å²) in [6.45, 7) is 7.87. The number of nitrogens with zero attached hydrogens (tertiary/aromatic N) is 4. The maximum atomic E-state index is 12.9. The molecule has 0 aliphatic carbocycles. The van der Waals surface area contributed by atoms with Crippen molar-refractivity contribution in [2.45, 2.75) is 38.0 Å². The lowest BCUT2D eigenvalue weighted by Gasteiger charge is -2.36. The van der Waals surface area contributed by atoms with Crippen LogP contribution in [0.1, 0.15) is 41.0 Å². The molecule has 1 aromatic heterocycles. The van der Waals surface area contributed by atoms with E-state index in [0.29, 0.717) is 31.7 Å². The van der Waals surface area contributed by atoms with Gasteiger partial charge in [0.1, 0.15) is 0 Å². The van der Waals surface area contributed by atoms with E-state index in [1.54, 1.807) is 28.6 Å². The van der Waals surface area contributed by atoms with Crippen LogP contribution in [0, 0.1) is 13.8 Å². The minimum absolute atomic E-state index is 0.0581. The summed E-state index contributed by atoms with van der Waals surface area (Å²) in [5.41, 5.74) is 3.65. The normalized spacial score (nSPS) is 18.6. The highest BCUT2D eigenvalue weighted by Gasteiger charge is 2.27. The third kappa shape index (κ3) is 3.96. The van der Waals surface area contributed by atoms with Crippen LogP contribution in [0.3, 0.4) is 0 Å². The first kappa shape index (κ1) is 20.9. The number of carbonyl (C=O) groups excluding carboxylic acids is 1. The second-order valence-corrected chi connectivity index (χ2v) is 9.99. The van der Waals surface area contributed by atoms with Crippen molar-refractivity contribution in [1.29, 1.82) is 0 Å². The summed E-state index contributed by atoms with van der Waals surface area (Å²) in [5, 5.41) is 7.27. The Morgan fingerprint density at radius 1 is 0.933 bits per heavy atom. The SMILES string of the molecule is Cc1n[nH]c(C)c1N1CCN(C(=O)c2ccc(S(=O)(=O)N3CCCCC3)cc2)CC1. The van der Waals surface area contributed by atoms with Crippen molar-refractivity contribution in [1.82, 2.24) is 19.4 Å². The number of aromatic amines is 1. The molecule has 2 aliphatic rings. The van der Waals surface area contributed by atoms with Crippen molar-refractivity contribution >= 4 is 21.6 Å². The van der Waals surface area contributed by atoms with Crippen LogP contribution in [0.2, 0.25) is 0 Å². The highest BCUT2D eigenvalue weighted by molar-refractivity contribution is 7.89.